The van der Waals surface area contributed by atoms with Crippen LogP contribution in [-0.4, -0.2) is 34.6 Å². The number of nitrogens with one attached hydrogen (secondary N) is 1. The van der Waals surface area contributed by atoms with Gasteiger partial charge in [0.05, 0.1) is 12.8 Å². The number of halogens is 1. The summed E-state index contributed by atoms with van der Waals surface area (Å²) in [4.78, 5) is 17.0. The lowest BCUT2D eigenvalue weighted by Crippen LogP contribution is -2.11. The van der Waals surface area contributed by atoms with E-state index in [1.165, 1.54) is 7.11 Å². The average molecular weight is 493 g/mol. The quantitative estimate of drug-likeness (QED) is 0.434. The van der Waals surface area contributed by atoms with Gasteiger partial charge in [0, 0.05) is 21.3 Å². The SMILES string of the molecule is COc1nc(-c2ccc3c(c2)OCO3)n(-c2ccc(NC(=O)c3cccc(Br)c3)cc2)n1. The van der Waals surface area contributed by atoms with E-state index in [9.17, 15) is 4.79 Å². The molecule has 0 bridgehead atoms. The normalized spacial score (nSPS) is 11.9. The minimum Gasteiger partial charge on any atom is -0.466 e. The van der Waals surface area contributed by atoms with Gasteiger partial charge in [0.25, 0.3) is 5.91 Å². The van der Waals surface area contributed by atoms with Crippen molar-refractivity contribution in [2.45, 2.75) is 0 Å². The van der Waals surface area contributed by atoms with Crippen molar-refractivity contribution in [2.75, 3.05) is 19.2 Å². The fourth-order valence-electron chi connectivity index (χ4n) is 3.30. The van der Waals surface area contributed by atoms with Crippen molar-refractivity contribution in [1.29, 1.82) is 0 Å². The maximum Gasteiger partial charge on any atom is 0.336 e. The number of carbonyl (C=O) groups is 1. The molecule has 1 amide bonds. The van der Waals surface area contributed by atoms with E-state index in [1.54, 1.807) is 16.8 Å². The van der Waals surface area contributed by atoms with Gasteiger partial charge >= 0.3 is 6.01 Å². The molecule has 2 heterocycles. The molecule has 8 nitrogen and oxygen atoms in total. The fraction of sp³-hybridized carbons (Fsp3) is 0.0870. The maximum atomic E-state index is 12.5. The zero-order chi connectivity index (χ0) is 22.1. The molecule has 0 saturated carbocycles. The molecule has 4 aromatic rings. The lowest BCUT2D eigenvalue weighted by atomic mass is 10.2. The predicted molar refractivity (Wildman–Crippen MR) is 122 cm³/mol. The van der Waals surface area contributed by atoms with Crippen LogP contribution in [0.5, 0.6) is 17.5 Å². The molecule has 1 aliphatic rings. The van der Waals surface area contributed by atoms with Crippen LogP contribution >= 0.6 is 15.9 Å². The molecule has 32 heavy (non-hydrogen) atoms. The van der Waals surface area contributed by atoms with Gasteiger partial charge in [-0.25, -0.2) is 4.68 Å². The van der Waals surface area contributed by atoms with Gasteiger partial charge in [-0.2, -0.15) is 4.98 Å². The minimum absolute atomic E-state index is 0.192. The molecular weight excluding hydrogens is 476 g/mol. The van der Waals surface area contributed by atoms with Gasteiger partial charge < -0.3 is 19.5 Å². The molecule has 3 aromatic carbocycles. The van der Waals surface area contributed by atoms with E-state index in [2.05, 4.69) is 31.3 Å². The molecule has 9 heteroatoms. The summed E-state index contributed by atoms with van der Waals surface area (Å²) in [7, 11) is 1.52. The molecule has 0 unspecified atom stereocenters. The van der Waals surface area contributed by atoms with Crippen molar-refractivity contribution < 1.29 is 19.0 Å². The van der Waals surface area contributed by atoms with E-state index in [1.807, 2.05) is 54.6 Å². The molecule has 0 radical (unpaired) electrons. The summed E-state index contributed by atoms with van der Waals surface area (Å²) in [5.41, 5.74) is 2.79. The van der Waals surface area contributed by atoms with E-state index in [4.69, 9.17) is 14.2 Å². The minimum atomic E-state index is -0.192. The first kappa shape index (κ1) is 20.1. The second-order valence-electron chi connectivity index (χ2n) is 6.91. The van der Waals surface area contributed by atoms with Gasteiger partial charge in [-0.3, -0.25) is 4.79 Å². The number of methoxy groups -OCH3 is 1. The number of amides is 1. The van der Waals surface area contributed by atoms with Crippen molar-refractivity contribution >= 4 is 27.5 Å². The van der Waals surface area contributed by atoms with E-state index < -0.39 is 0 Å². The van der Waals surface area contributed by atoms with Gasteiger partial charge in [-0.1, -0.05) is 22.0 Å². The number of anilines is 1. The Morgan fingerprint density at radius 2 is 1.88 bits per heavy atom. The molecule has 1 aliphatic heterocycles. The molecule has 5 rings (SSSR count). The van der Waals surface area contributed by atoms with Crippen molar-refractivity contribution in [1.82, 2.24) is 14.8 Å². The Hall–Kier alpha value is -3.85. The molecule has 160 valence electrons. The lowest BCUT2D eigenvalue weighted by molar-refractivity contribution is 0.102. The Kier molecular flexibility index (Phi) is 5.24. The van der Waals surface area contributed by atoms with Crippen LogP contribution in [0.15, 0.2) is 71.2 Å². The zero-order valence-electron chi connectivity index (χ0n) is 16.9. The molecular formula is C23H17BrN4O4. The number of benzene rings is 3. The first-order valence-corrected chi connectivity index (χ1v) is 10.5. The van der Waals surface area contributed by atoms with Gasteiger partial charge in [-0.15, -0.1) is 5.10 Å². The van der Waals surface area contributed by atoms with Crippen LogP contribution in [0.3, 0.4) is 0 Å². The summed E-state index contributed by atoms with van der Waals surface area (Å²) in [6.45, 7) is 0.196. The largest absolute Gasteiger partial charge is 0.466 e. The van der Waals surface area contributed by atoms with E-state index in [-0.39, 0.29) is 18.7 Å². The molecule has 0 saturated heterocycles. The summed E-state index contributed by atoms with van der Waals surface area (Å²) in [5, 5.41) is 7.33. The third kappa shape index (κ3) is 3.90. The van der Waals surface area contributed by atoms with Crippen LogP contribution in [-0.2, 0) is 0 Å². The van der Waals surface area contributed by atoms with Crippen LogP contribution in [0.2, 0.25) is 0 Å². The summed E-state index contributed by atoms with van der Waals surface area (Å²) in [5.74, 6) is 1.74. The lowest BCUT2D eigenvalue weighted by Gasteiger charge is -2.09. The van der Waals surface area contributed by atoms with Crippen LogP contribution in [0.1, 0.15) is 10.4 Å². The third-order valence-corrected chi connectivity index (χ3v) is 5.35. The Balaban J connectivity index is 1.43. The van der Waals surface area contributed by atoms with E-state index in [0.29, 0.717) is 28.6 Å². The average Bonchev–Trinajstić information content (AvgIpc) is 3.46. The van der Waals surface area contributed by atoms with Gasteiger partial charge in [0.1, 0.15) is 0 Å². The van der Waals surface area contributed by atoms with Gasteiger partial charge in [0.2, 0.25) is 6.79 Å². The number of fused-ring (bicyclic) bond motifs is 1. The number of nitrogens with zero attached hydrogens (tertiary/aromatic N) is 3. The highest BCUT2D eigenvalue weighted by Crippen LogP contribution is 2.36. The second kappa shape index (κ2) is 8.35. The molecule has 0 aliphatic carbocycles. The fourth-order valence-corrected chi connectivity index (χ4v) is 3.70. The first-order valence-electron chi connectivity index (χ1n) is 9.69. The van der Waals surface area contributed by atoms with E-state index >= 15 is 0 Å². The Labute approximate surface area is 191 Å². The third-order valence-electron chi connectivity index (χ3n) is 4.86. The highest BCUT2D eigenvalue weighted by Gasteiger charge is 2.19. The van der Waals surface area contributed by atoms with Crippen LogP contribution < -0.4 is 19.5 Å². The number of carbonyl (C=O) groups excluding carboxylic acids is 1. The predicted octanol–water partition coefficient (Wildman–Crippen LogP) is 4.69. The number of ether oxygens (including phenoxy) is 3. The van der Waals surface area contributed by atoms with Crippen molar-refractivity contribution in [3.05, 3.63) is 76.8 Å². The Bertz CT molecular complexity index is 1300. The number of aromatic nitrogens is 3. The summed E-state index contributed by atoms with van der Waals surface area (Å²) in [6, 6.07) is 20.3. The Morgan fingerprint density at radius 1 is 1.06 bits per heavy atom. The molecule has 1 N–H and O–H groups in total. The first-order chi connectivity index (χ1) is 15.6. The smallest absolute Gasteiger partial charge is 0.336 e. The number of hydrogen-bond acceptors (Lipinski definition) is 6. The maximum absolute atomic E-state index is 12.5. The van der Waals surface area contributed by atoms with Crippen LogP contribution in [0, 0.1) is 0 Å². The number of hydrogen-bond donors (Lipinski definition) is 1. The molecule has 0 atom stereocenters. The zero-order valence-corrected chi connectivity index (χ0v) is 18.5. The standard InChI is InChI=1S/C23H17BrN4O4/c1-30-23-26-21(14-5-10-19-20(12-14)32-13-31-19)28(27-23)18-8-6-17(7-9-18)25-22(29)15-3-2-4-16(24)11-15/h2-12H,13H2,1H3,(H,25,29). The topological polar surface area (TPSA) is 87.5 Å². The summed E-state index contributed by atoms with van der Waals surface area (Å²) >= 11 is 3.38. The van der Waals surface area contributed by atoms with Crippen LogP contribution in [0.4, 0.5) is 5.69 Å². The van der Waals surface area contributed by atoms with E-state index in [0.717, 1.165) is 15.7 Å². The van der Waals surface area contributed by atoms with Crippen molar-refractivity contribution in [2.24, 2.45) is 0 Å². The van der Waals surface area contributed by atoms with Gasteiger partial charge in [-0.05, 0) is 60.7 Å². The molecule has 1 aromatic heterocycles. The monoisotopic (exact) mass is 492 g/mol. The Morgan fingerprint density at radius 3 is 2.66 bits per heavy atom. The van der Waals surface area contributed by atoms with Crippen molar-refractivity contribution in [3.63, 3.8) is 0 Å². The van der Waals surface area contributed by atoms with Gasteiger partial charge in [0.15, 0.2) is 17.3 Å². The van der Waals surface area contributed by atoms with Crippen molar-refractivity contribution in [3.8, 4) is 34.6 Å². The highest BCUT2D eigenvalue weighted by atomic mass is 79.9. The summed E-state index contributed by atoms with van der Waals surface area (Å²) < 4.78 is 18.6. The summed E-state index contributed by atoms with van der Waals surface area (Å²) in [6.07, 6.45) is 0. The second-order valence-corrected chi connectivity index (χ2v) is 7.83. The molecule has 0 spiro atoms. The molecule has 0 fully saturated rings. The number of rotatable bonds is 5. The highest BCUT2D eigenvalue weighted by molar-refractivity contribution is 9.10. The van der Waals surface area contributed by atoms with Crippen LogP contribution in [0.25, 0.3) is 17.1 Å².